The second-order valence-corrected chi connectivity index (χ2v) is 6.02. The fourth-order valence-electron chi connectivity index (χ4n) is 1.73. The normalized spacial score (nSPS) is 13.5. The SMILES string of the molecule is Cc1c(Cl)nnc(NC(CCO)C(C)(C)C)c1C. The van der Waals surface area contributed by atoms with Crippen molar-refractivity contribution in [3.8, 4) is 0 Å². The van der Waals surface area contributed by atoms with Crippen LogP contribution in [0.5, 0.6) is 0 Å². The highest BCUT2D eigenvalue weighted by atomic mass is 35.5. The number of anilines is 1. The van der Waals surface area contributed by atoms with Crippen molar-refractivity contribution in [1.29, 1.82) is 0 Å². The maximum Gasteiger partial charge on any atom is 0.155 e. The average Bonchev–Trinajstić information content (AvgIpc) is 2.27. The van der Waals surface area contributed by atoms with Gasteiger partial charge in [0.2, 0.25) is 0 Å². The Labute approximate surface area is 114 Å². The Morgan fingerprint density at radius 3 is 2.33 bits per heavy atom. The van der Waals surface area contributed by atoms with Crippen LogP contribution >= 0.6 is 11.6 Å². The van der Waals surface area contributed by atoms with Crippen LogP contribution in [0.3, 0.4) is 0 Å². The highest BCUT2D eigenvalue weighted by Gasteiger charge is 2.25. The predicted molar refractivity (Wildman–Crippen MR) is 75.1 cm³/mol. The quantitative estimate of drug-likeness (QED) is 0.884. The summed E-state index contributed by atoms with van der Waals surface area (Å²) in [6.45, 7) is 10.4. The van der Waals surface area contributed by atoms with Crippen LogP contribution in [-0.4, -0.2) is 28.0 Å². The summed E-state index contributed by atoms with van der Waals surface area (Å²) in [7, 11) is 0. The third-order valence-corrected chi connectivity index (χ3v) is 3.60. The number of aliphatic hydroxyl groups is 1. The van der Waals surface area contributed by atoms with Crippen LogP contribution in [0.4, 0.5) is 5.82 Å². The van der Waals surface area contributed by atoms with Crippen LogP contribution in [0.1, 0.15) is 38.3 Å². The number of aliphatic hydroxyl groups excluding tert-OH is 1. The predicted octanol–water partition coefficient (Wildman–Crippen LogP) is 2.96. The number of halogens is 1. The standard InChI is InChI=1S/C13H22ClN3O/c1-8-9(2)12(17-16-11(8)14)15-10(6-7-18)13(3,4)5/h10,18H,6-7H2,1-5H3,(H,15,17). The highest BCUT2D eigenvalue weighted by molar-refractivity contribution is 6.30. The maximum absolute atomic E-state index is 9.15. The monoisotopic (exact) mass is 271 g/mol. The molecule has 0 amide bonds. The minimum Gasteiger partial charge on any atom is -0.396 e. The summed E-state index contributed by atoms with van der Waals surface area (Å²) in [5.41, 5.74) is 1.97. The summed E-state index contributed by atoms with van der Waals surface area (Å²) >= 11 is 5.93. The Morgan fingerprint density at radius 1 is 1.22 bits per heavy atom. The van der Waals surface area contributed by atoms with Crippen LogP contribution in [0, 0.1) is 19.3 Å². The fourth-order valence-corrected chi connectivity index (χ4v) is 1.91. The molecule has 1 aromatic rings. The summed E-state index contributed by atoms with van der Waals surface area (Å²) < 4.78 is 0. The van der Waals surface area contributed by atoms with E-state index in [9.17, 15) is 0 Å². The van der Waals surface area contributed by atoms with Gasteiger partial charge in [-0.2, -0.15) is 0 Å². The van der Waals surface area contributed by atoms with Gasteiger partial charge in [-0.1, -0.05) is 32.4 Å². The Hall–Kier alpha value is -0.870. The largest absolute Gasteiger partial charge is 0.396 e. The van der Waals surface area contributed by atoms with Gasteiger partial charge in [-0.25, -0.2) is 0 Å². The zero-order valence-corrected chi connectivity index (χ0v) is 12.5. The van der Waals surface area contributed by atoms with E-state index in [4.69, 9.17) is 16.7 Å². The molecular weight excluding hydrogens is 250 g/mol. The van der Waals surface area contributed by atoms with Crippen molar-refractivity contribution in [2.75, 3.05) is 11.9 Å². The van der Waals surface area contributed by atoms with Crippen LogP contribution < -0.4 is 5.32 Å². The summed E-state index contributed by atoms with van der Waals surface area (Å²) in [5.74, 6) is 0.741. The highest BCUT2D eigenvalue weighted by Crippen LogP contribution is 2.27. The van der Waals surface area contributed by atoms with E-state index in [-0.39, 0.29) is 18.1 Å². The first-order valence-electron chi connectivity index (χ1n) is 6.14. The Balaban J connectivity index is 2.98. The van der Waals surface area contributed by atoms with Gasteiger partial charge in [0.05, 0.1) is 0 Å². The molecule has 0 aromatic carbocycles. The zero-order chi connectivity index (χ0) is 13.9. The van der Waals surface area contributed by atoms with Gasteiger partial charge in [0.1, 0.15) is 0 Å². The van der Waals surface area contributed by atoms with Gasteiger partial charge < -0.3 is 10.4 Å². The van der Waals surface area contributed by atoms with Gasteiger partial charge in [-0.15, -0.1) is 10.2 Å². The number of hydrogen-bond acceptors (Lipinski definition) is 4. The van der Waals surface area contributed by atoms with Gasteiger partial charge in [-0.3, -0.25) is 0 Å². The Kier molecular flexibility index (Phi) is 4.93. The molecule has 0 aliphatic heterocycles. The molecule has 0 aliphatic rings. The lowest BCUT2D eigenvalue weighted by molar-refractivity contribution is 0.235. The molecule has 1 atom stereocenters. The zero-order valence-electron chi connectivity index (χ0n) is 11.7. The molecule has 5 heteroatoms. The van der Waals surface area contributed by atoms with Gasteiger partial charge in [-0.05, 0) is 36.8 Å². The molecule has 0 fully saturated rings. The fraction of sp³-hybridized carbons (Fsp3) is 0.692. The van der Waals surface area contributed by atoms with Crippen LogP contribution in [0.15, 0.2) is 0 Å². The van der Waals surface area contributed by atoms with Crippen LogP contribution in [0.25, 0.3) is 0 Å². The Morgan fingerprint density at radius 2 is 1.83 bits per heavy atom. The molecule has 0 saturated heterocycles. The number of aromatic nitrogens is 2. The molecular formula is C13H22ClN3O. The van der Waals surface area contributed by atoms with E-state index < -0.39 is 0 Å². The van der Waals surface area contributed by atoms with E-state index in [1.165, 1.54) is 0 Å². The number of hydrogen-bond donors (Lipinski definition) is 2. The first kappa shape index (κ1) is 15.2. The average molecular weight is 272 g/mol. The summed E-state index contributed by atoms with van der Waals surface area (Å²) in [4.78, 5) is 0. The van der Waals surface area contributed by atoms with Crippen molar-refractivity contribution in [2.45, 2.75) is 47.1 Å². The maximum atomic E-state index is 9.15. The molecule has 0 spiro atoms. The molecule has 1 heterocycles. The molecule has 4 nitrogen and oxygen atoms in total. The molecule has 102 valence electrons. The van der Waals surface area contributed by atoms with Gasteiger partial charge in [0.25, 0.3) is 0 Å². The molecule has 1 unspecified atom stereocenters. The van der Waals surface area contributed by atoms with E-state index in [0.717, 1.165) is 16.9 Å². The minimum absolute atomic E-state index is 0.0321. The van der Waals surface area contributed by atoms with E-state index in [0.29, 0.717) is 11.6 Å². The Bertz CT molecular complexity index is 415. The summed E-state index contributed by atoms with van der Waals surface area (Å²) in [6, 6.07) is 0.135. The summed E-state index contributed by atoms with van der Waals surface area (Å²) in [6.07, 6.45) is 0.673. The smallest absolute Gasteiger partial charge is 0.155 e. The molecule has 18 heavy (non-hydrogen) atoms. The lowest BCUT2D eigenvalue weighted by atomic mass is 9.85. The molecule has 1 rings (SSSR count). The topological polar surface area (TPSA) is 58.0 Å². The third kappa shape index (κ3) is 3.56. The van der Waals surface area contributed by atoms with Crippen molar-refractivity contribution in [1.82, 2.24) is 10.2 Å². The number of nitrogens with one attached hydrogen (secondary N) is 1. The molecule has 0 bridgehead atoms. The second-order valence-electron chi connectivity index (χ2n) is 5.66. The van der Waals surface area contributed by atoms with Crippen molar-refractivity contribution < 1.29 is 5.11 Å². The first-order chi connectivity index (χ1) is 8.27. The lowest BCUT2D eigenvalue weighted by Gasteiger charge is -2.32. The molecule has 2 N–H and O–H groups in total. The number of rotatable bonds is 4. The molecule has 1 aromatic heterocycles. The summed E-state index contributed by atoms with van der Waals surface area (Å²) in [5, 5.41) is 21.0. The third-order valence-electron chi connectivity index (χ3n) is 3.24. The van der Waals surface area contributed by atoms with Gasteiger partial charge >= 0.3 is 0 Å². The van der Waals surface area contributed by atoms with E-state index in [2.05, 4.69) is 36.3 Å². The van der Waals surface area contributed by atoms with Crippen LogP contribution in [0.2, 0.25) is 5.15 Å². The van der Waals surface area contributed by atoms with Gasteiger partial charge in [0.15, 0.2) is 11.0 Å². The van der Waals surface area contributed by atoms with E-state index in [1.807, 2.05) is 13.8 Å². The second kappa shape index (κ2) is 5.85. The molecule has 0 saturated carbocycles. The molecule has 0 radical (unpaired) electrons. The van der Waals surface area contributed by atoms with E-state index >= 15 is 0 Å². The van der Waals surface area contributed by atoms with Crippen molar-refractivity contribution >= 4 is 17.4 Å². The molecule has 0 aliphatic carbocycles. The van der Waals surface area contributed by atoms with Crippen molar-refractivity contribution in [2.24, 2.45) is 5.41 Å². The van der Waals surface area contributed by atoms with Crippen LogP contribution in [-0.2, 0) is 0 Å². The van der Waals surface area contributed by atoms with Crippen molar-refractivity contribution in [3.05, 3.63) is 16.3 Å². The van der Waals surface area contributed by atoms with E-state index in [1.54, 1.807) is 0 Å². The van der Waals surface area contributed by atoms with Crippen molar-refractivity contribution in [3.63, 3.8) is 0 Å². The minimum atomic E-state index is 0.0321. The van der Waals surface area contributed by atoms with Gasteiger partial charge in [0, 0.05) is 12.6 Å². The lowest BCUT2D eigenvalue weighted by Crippen LogP contribution is -2.35. The number of nitrogens with zero attached hydrogens (tertiary/aromatic N) is 2. The first-order valence-corrected chi connectivity index (χ1v) is 6.52.